The summed E-state index contributed by atoms with van der Waals surface area (Å²) in [4.78, 5) is 19.1. The van der Waals surface area contributed by atoms with Crippen molar-refractivity contribution >= 4 is 23.0 Å². The fourth-order valence-corrected chi connectivity index (χ4v) is 2.78. The number of aromatic nitrogens is 1. The predicted octanol–water partition coefficient (Wildman–Crippen LogP) is 2.99. The van der Waals surface area contributed by atoms with Gasteiger partial charge >= 0.3 is 0 Å². The molecule has 0 radical (unpaired) electrons. The second kappa shape index (κ2) is 8.48. The molecular weight excluding hydrogens is 316 g/mol. The number of nitrogens with one attached hydrogen (secondary N) is 2. The number of morpholine rings is 1. The minimum Gasteiger partial charge on any atom is -0.385 e. The van der Waals surface area contributed by atoms with Gasteiger partial charge in [0.05, 0.1) is 24.6 Å². The third-order valence-electron chi connectivity index (χ3n) is 4.08. The number of para-hydroxylation sites is 2. The minimum atomic E-state index is -0.208. The summed E-state index contributed by atoms with van der Waals surface area (Å²) in [6, 6.07) is 11.5. The Morgan fingerprint density at radius 2 is 2.04 bits per heavy atom. The number of benzene rings is 1. The van der Waals surface area contributed by atoms with Crippen LogP contribution in [0.15, 0.2) is 42.6 Å². The SMILES string of the molecule is CCCNc1ccnc(C(=O)Nc2ccccc2N2CCOCC2)c1. The van der Waals surface area contributed by atoms with E-state index in [0.717, 1.165) is 43.1 Å². The lowest BCUT2D eigenvalue weighted by molar-refractivity contribution is 0.102. The molecule has 0 unspecified atom stereocenters. The molecule has 0 atom stereocenters. The van der Waals surface area contributed by atoms with E-state index in [9.17, 15) is 4.79 Å². The molecule has 1 aromatic carbocycles. The summed E-state index contributed by atoms with van der Waals surface area (Å²) in [5.41, 5.74) is 3.11. The highest BCUT2D eigenvalue weighted by Crippen LogP contribution is 2.26. The number of anilines is 3. The third kappa shape index (κ3) is 4.48. The predicted molar refractivity (Wildman–Crippen MR) is 100 cm³/mol. The Balaban J connectivity index is 1.75. The van der Waals surface area contributed by atoms with Crippen LogP contribution in [0.3, 0.4) is 0 Å². The zero-order chi connectivity index (χ0) is 17.5. The van der Waals surface area contributed by atoms with Gasteiger partial charge in [0.15, 0.2) is 0 Å². The van der Waals surface area contributed by atoms with Crippen LogP contribution in [0.4, 0.5) is 17.1 Å². The molecule has 6 nitrogen and oxygen atoms in total. The van der Waals surface area contributed by atoms with Crippen LogP contribution in [0.5, 0.6) is 0 Å². The van der Waals surface area contributed by atoms with Gasteiger partial charge in [-0.1, -0.05) is 19.1 Å². The van der Waals surface area contributed by atoms with Crippen molar-refractivity contribution in [3.63, 3.8) is 0 Å². The van der Waals surface area contributed by atoms with E-state index in [2.05, 4.69) is 27.4 Å². The molecule has 1 fully saturated rings. The highest BCUT2D eigenvalue weighted by molar-refractivity contribution is 6.05. The number of carbonyl (C=O) groups excluding carboxylic acids is 1. The van der Waals surface area contributed by atoms with E-state index in [1.54, 1.807) is 12.3 Å². The molecule has 1 saturated heterocycles. The first-order valence-corrected chi connectivity index (χ1v) is 8.71. The second-order valence-electron chi connectivity index (χ2n) is 5.93. The van der Waals surface area contributed by atoms with E-state index in [0.29, 0.717) is 18.9 Å². The molecule has 2 aromatic rings. The van der Waals surface area contributed by atoms with Crippen LogP contribution in [0.2, 0.25) is 0 Å². The monoisotopic (exact) mass is 340 g/mol. The van der Waals surface area contributed by atoms with Gasteiger partial charge in [-0.25, -0.2) is 0 Å². The second-order valence-corrected chi connectivity index (χ2v) is 5.93. The molecule has 0 saturated carbocycles. The summed E-state index contributed by atoms with van der Waals surface area (Å²) in [5.74, 6) is -0.208. The molecular formula is C19H24N4O2. The minimum absolute atomic E-state index is 0.208. The highest BCUT2D eigenvalue weighted by Gasteiger charge is 2.16. The third-order valence-corrected chi connectivity index (χ3v) is 4.08. The molecule has 0 spiro atoms. The number of pyridine rings is 1. The van der Waals surface area contributed by atoms with Crippen molar-refractivity contribution in [2.45, 2.75) is 13.3 Å². The number of carbonyl (C=O) groups is 1. The number of amides is 1. The molecule has 0 aliphatic carbocycles. The Hall–Kier alpha value is -2.60. The average Bonchev–Trinajstić information content (AvgIpc) is 2.67. The van der Waals surface area contributed by atoms with E-state index in [1.807, 2.05) is 30.3 Å². The topological polar surface area (TPSA) is 66.5 Å². The standard InChI is InChI=1S/C19H24N4O2/c1-2-8-20-15-7-9-21-17(14-15)19(24)22-16-5-3-4-6-18(16)23-10-12-25-13-11-23/h3-7,9,14H,2,8,10-13H2,1H3,(H,20,21)(H,22,24). The summed E-state index contributed by atoms with van der Waals surface area (Å²) in [5, 5.41) is 6.27. The maximum absolute atomic E-state index is 12.6. The normalized spacial score (nSPS) is 14.2. The number of rotatable bonds is 6. The van der Waals surface area contributed by atoms with Crippen molar-refractivity contribution in [1.29, 1.82) is 0 Å². The van der Waals surface area contributed by atoms with Crippen molar-refractivity contribution < 1.29 is 9.53 Å². The largest absolute Gasteiger partial charge is 0.385 e. The smallest absolute Gasteiger partial charge is 0.274 e. The molecule has 2 heterocycles. The van der Waals surface area contributed by atoms with Gasteiger partial charge in [0.25, 0.3) is 5.91 Å². The summed E-state index contributed by atoms with van der Waals surface area (Å²) >= 11 is 0. The quantitative estimate of drug-likeness (QED) is 0.846. The van der Waals surface area contributed by atoms with E-state index in [1.165, 1.54) is 0 Å². The highest BCUT2D eigenvalue weighted by atomic mass is 16.5. The first-order valence-electron chi connectivity index (χ1n) is 8.71. The van der Waals surface area contributed by atoms with E-state index in [-0.39, 0.29) is 5.91 Å². The van der Waals surface area contributed by atoms with Gasteiger partial charge in [-0.2, -0.15) is 0 Å². The van der Waals surface area contributed by atoms with Crippen LogP contribution in [-0.4, -0.2) is 43.7 Å². The van der Waals surface area contributed by atoms with Crippen molar-refractivity contribution in [3.8, 4) is 0 Å². The number of ether oxygens (including phenoxy) is 1. The Bertz CT molecular complexity index is 714. The molecule has 1 aliphatic heterocycles. The summed E-state index contributed by atoms with van der Waals surface area (Å²) in [6.45, 7) is 6.02. The van der Waals surface area contributed by atoms with Crippen LogP contribution < -0.4 is 15.5 Å². The number of hydrogen-bond donors (Lipinski definition) is 2. The lowest BCUT2D eigenvalue weighted by atomic mass is 10.2. The number of nitrogens with zero attached hydrogens (tertiary/aromatic N) is 2. The maximum Gasteiger partial charge on any atom is 0.274 e. The van der Waals surface area contributed by atoms with Crippen molar-refractivity contribution in [2.24, 2.45) is 0 Å². The lowest BCUT2D eigenvalue weighted by Gasteiger charge is -2.30. The van der Waals surface area contributed by atoms with Crippen molar-refractivity contribution in [2.75, 3.05) is 48.4 Å². The van der Waals surface area contributed by atoms with Crippen molar-refractivity contribution in [3.05, 3.63) is 48.3 Å². The Kier molecular flexibility index (Phi) is 5.85. The Morgan fingerprint density at radius 3 is 2.84 bits per heavy atom. The number of hydrogen-bond acceptors (Lipinski definition) is 5. The zero-order valence-electron chi connectivity index (χ0n) is 14.5. The van der Waals surface area contributed by atoms with Gasteiger partial charge in [0.2, 0.25) is 0 Å². The van der Waals surface area contributed by atoms with Gasteiger partial charge in [0, 0.05) is 31.5 Å². The molecule has 3 rings (SSSR count). The average molecular weight is 340 g/mol. The first kappa shape index (κ1) is 17.2. The molecule has 1 aliphatic rings. The fourth-order valence-electron chi connectivity index (χ4n) is 2.78. The maximum atomic E-state index is 12.6. The fraction of sp³-hybridized carbons (Fsp3) is 0.368. The van der Waals surface area contributed by atoms with Gasteiger partial charge in [-0.3, -0.25) is 9.78 Å². The molecule has 6 heteroatoms. The van der Waals surface area contributed by atoms with Crippen LogP contribution in [0, 0.1) is 0 Å². The van der Waals surface area contributed by atoms with E-state index < -0.39 is 0 Å². The molecule has 1 amide bonds. The van der Waals surface area contributed by atoms with Gasteiger partial charge in [-0.05, 0) is 30.7 Å². The summed E-state index contributed by atoms with van der Waals surface area (Å²) in [7, 11) is 0. The Labute approximate surface area is 148 Å². The summed E-state index contributed by atoms with van der Waals surface area (Å²) < 4.78 is 5.41. The van der Waals surface area contributed by atoms with Crippen LogP contribution in [0.25, 0.3) is 0 Å². The molecule has 0 bridgehead atoms. The van der Waals surface area contributed by atoms with E-state index in [4.69, 9.17) is 4.74 Å². The van der Waals surface area contributed by atoms with E-state index >= 15 is 0 Å². The van der Waals surface area contributed by atoms with Crippen LogP contribution in [-0.2, 0) is 4.74 Å². The molecule has 25 heavy (non-hydrogen) atoms. The molecule has 132 valence electrons. The first-order chi connectivity index (χ1) is 12.3. The molecule has 2 N–H and O–H groups in total. The Morgan fingerprint density at radius 1 is 1.24 bits per heavy atom. The van der Waals surface area contributed by atoms with Gasteiger partial charge < -0.3 is 20.3 Å². The van der Waals surface area contributed by atoms with Crippen molar-refractivity contribution in [1.82, 2.24) is 4.98 Å². The lowest BCUT2D eigenvalue weighted by Crippen LogP contribution is -2.36. The zero-order valence-corrected chi connectivity index (χ0v) is 14.5. The molecule has 1 aromatic heterocycles. The van der Waals surface area contributed by atoms with Crippen LogP contribution in [0.1, 0.15) is 23.8 Å². The summed E-state index contributed by atoms with van der Waals surface area (Å²) in [6.07, 6.45) is 2.68. The van der Waals surface area contributed by atoms with Crippen LogP contribution >= 0.6 is 0 Å². The van der Waals surface area contributed by atoms with Gasteiger partial charge in [-0.15, -0.1) is 0 Å². The van der Waals surface area contributed by atoms with Gasteiger partial charge in [0.1, 0.15) is 5.69 Å².